The number of nitrogens with zero attached hydrogens (tertiary/aromatic N) is 4. The Kier molecular flexibility index (Phi) is 6.59. The van der Waals surface area contributed by atoms with Crippen LogP contribution >= 0.6 is 30.3 Å². The van der Waals surface area contributed by atoms with Crippen molar-refractivity contribution < 1.29 is 8.42 Å². The van der Waals surface area contributed by atoms with Gasteiger partial charge in [0, 0.05) is 65.9 Å². The van der Waals surface area contributed by atoms with Gasteiger partial charge in [-0.1, -0.05) is 36.4 Å². The first kappa shape index (κ1) is 22.6. The van der Waals surface area contributed by atoms with Crippen LogP contribution in [-0.4, -0.2) is 33.2 Å². The molecule has 7 nitrogen and oxygen atoms in total. The van der Waals surface area contributed by atoms with Crippen LogP contribution in [0, 0.1) is 0 Å². The predicted molar refractivity (Wildman–Crippen MR) is 140 cm³/mol. The molecule has 1 aromatic carbocycles. The molecule has 0 spiro atoms. The monoisotopic (exact) mass is 591 g/mol. The van der Waals surface area contributed by atoms with E-state index in [9.17, 15) is 8.42 Å². The highest BCUT2D eigenvalue weighted by Crippen LogP contribution is 2.35. The van der Waals surface area contributed by atoms with Gasteiger partial charge in [-0.2, -0.15) is 5.10 Å². The predicted octanol–water partition coefficient (Wildman–Crippen LogP) is 5.04. The molecule has 0 radical (unpaired) electrons. The van der Waals surface area contributed by atoms with Gasteiger partial charge in [0.15, 0.2) is 5.65 Å². The van der Waals surface area contributed by atoms with Gasteiger partial charge in [0.1, 0.15) is 4.90 Å². The van der Waals surface area contributed by atoms with Gasteiger partial charge in [0.25, 0.3) is 0 Å². The number of nitrogens with one attached hydrogen (secondary N) is 1. The minimum atomic E-state index is -3.63. The fourth-order valence-corrected chi connectivity index (χ4v) is 6.65. The standard InChI is InChI=1S/C23H22IN5O2S2/c24-32-29-16-22(21-7-4-12-25-23(21)29)18-8-10-19(11-9-18)27-33(30,31)20-13-26-28(15-20)14-17-5-2-1-3-6-17/h1-8,12-13,15-16,19,27H,9-11,14H2. The van der Waals surface area contributed by atoms with E-state index >= 15 is 0 Å². The molecule has 3 aromatic heterocycles. The van der Waals surface area contributed by atoms with Crippen molar-refractivity contribution in [1.82, 2.24) is 23.5 Å². The van der Waals surface area contributed by atoms with Gasteiger partial charge in [-0.15, -0.1) is 0 Å². The Morgan fingerprint density at radius 3 is 2.76 bits per heavy atom. The molecule has 1 N–H and O–H groups in total. The summed E-state index contributed by atoms with van der Waals surface area (Å²) in [5, 5.41) is 5.36. The molecule has 10 heteroatoms. The van der Waals surface area contributed by atoms with E-state index in [1.165, 1.54) is 17.3 Å². The zero-order valence-corrected chi connectivity index (χ0v) is 21.4. The number of halogens is 1. The molecule has 3 heterocycles. The van der Waals surface area contributed by atoms with Crippen LogP contribution in [0.4, 0.5) is 0 Å². The molecule has 0 fully saturated rings. The first-order valence-corrected chi connectivity index (χ1v) is 15.4. The summed E-state index contributed by atoms with van der Waals surface area (Å²) in [6, 6.07) is 13.7. The van der Waals surface area contributed by atoms with E-state index in [1.54, 1.807) is 26.2 Å². The van der Waals surface area contributed by atoms with Crippen LogP contribution in [0.15, 0.2) is 78.2 Å². The van der Waals surface area contributed by atoms with Gasteiger partial charge < -0.3 is 0 Å². The summed E-state index contributed by atoms with van der Waals surface area (Å²) in [6.45, 7) is 0.532. The highest BCUT2D eigenvalue weighted by atomic mass is 127. The van der Waals surface area contributed by atoms with E-state index < -0.39 is 10.0 Å². The van der Waals surface area contributed by atoms with E-state index in [1.807, 2.05) is 36.4 Å². The third kappa shape index (κ3) is 4.88. The van der Waals surface area contributed by atoms with Crippen LogP contribution < -0.4 is 4.72 Å². The van der Waals surface area contributed by atoms with Crippen molar-refractivity contribution >= 4 is 57.0 Å². The average Bonchev–Trinajstić information content (AvgIpc) is 3.45. The van der Waals surface area contributed by atoms with Crippen molar-refractivity contribution in [2.24, 2.45) is 0 Å². The summed E-state index contributed by atoms with van der Waals surface area (Å²) >= 11 is 2.25. The van der Waals surface area contributed by atoms with E-state index in [0.29, 0.717) is 13.0 Å². The van der Waals surface area contributed by atoms with E-state index in [4.69, 9.17) is 0 Å². The van der Waals surface area contributed by atoms with Gasteiger partial charge in [-0.05, 0) is 42.5 Å². The highest BCUT2D eigenvalue weighted by molar-refractivity contribution is 14.2. The molecule has 1 atom stereocenters. The fraction of sp³-hybridized carbons (Fsp3) is 0.217. The fourth-order valence-electron chi connectivity index (χ4n) is 4.15. The van der Waals surface area contributed by atoms with Crippen LogP contribution in [-0.2, 0) is 16.6 Å². The third-order valence-electron chi connectivity index (χ3n) is 5.79. The Morgan fingerprint density at radius 1 is 1.15 bits per heavy atom. The maximum atomic E-state index is 12.9. The Labute approximate surface area is 209 Å². The summed E-state index contributed by atoms with van der Waals surface area (Å²) in [5.74, 6) is 0. The van der Waals surface area contributed by atoms with Crippen molar-refractivity contribution in [3.8, 4) is 0 Å². The van der Waals surface area contributed by atoms with Gasteiger partial charge in [-0.25, -0.2) is 18.1 Å². The van der Waals surface area contributed by atoms with Gasteiger partial charge in [0.05, 0.1) is 12.7 Å². The third-order valence-corrected chi connectivity index (χ3v) is 8.97. The average molecular weight is 592 g/mol. The molecule has 1 aliphatic rings. The Morgan fingerprint density at radius 2 is 2.00 bits per heavy atom. The smallest absolute Gasteiger partial charge is 0.243 e. The second-order valence-electron chi connectivity index (χ2n) is 7.99. The molecule has 1 unspecified atom stereocenters. The maximum absolute atomic E-state index is 12.9. The molecular formula is C23H22IN5O2S2. The van der Waals surface area contributed by atoms with Crippen LogP contribution in [0.2, 0.25) is 0 Å². The first-order valence-electron chi connectivity index (χ1n) is 10.6. The molecule has 33 heavy (non-hydrogen) atoms. The number of rotatable bonds is 7. The zero-order chi connectivity index (χ0) is 22.8. The van der Waals surface area contributed by atoms with Gasteiger partial charge in [-0.3, -0.25) is 8.65 Å². The number of allylic oxidation sites excluding steroid dienone is 1. The second-order valence-corrected chi connectivity index (χ2v) is 11.4. The van der Waals surface area contributed by atoms with Crippen LogP contribution in [0.3, 0.4) is 0 Å². The molecule has 5 rings (SSSR count). The Bertz CT molecular complexity index is 1410. The number of sulfonamides is 1. The second kappa shape index (κ2) is 9.61. The summed E-state index contributed by atoms with van der Waals surface area (Å²) in [7, 11) is -2.04. The summed E-state index contributed by atoms with van der Waals surface area (Å²) in [4.78, 5) is 4.70. The lowest BCUT2D eigenvalue weighted by atomic mass is 9.91. The largest absolute Gasteiger partial charge is 0.267 e. The van der Waals surface area contributed by atoms with Crippen LogP contribution in [0.25, 0.3) is 16.6 Å². The normalized spacial score (nSPS) is 16.8. The molecule has 0 amide bonds. The summed E-state index contributed by atoms with van der Waals surface area (Å²) in [6.07, 6.45) is 11.3. The summed E-state index contributed by atoms with van der Waals surface area (Å²) in [5.41, 5.74) is 4.43. The van der Waals surface area contributed by atoms with E-state index in [0.717, 1.165) is 29.4 Å². The lowest BCUT2D eigenvalue weighted by Gasteiger charge is -2.22. The molecule has 0 aliphatic heterocycles. The van der Waals surface area contributed by atoms with Crippen molar-refractivity contribution in [2.75, 3.05) is 0 Å². The molecule has 0 bridgehead atoms. The minimum Gasteiger partial charge on any atom is -0.267 e. The molecular weight excluding hydrogens is 569 g/mol. The highest BCUT2D eigenvalue weighted by Gasteiger charge is 2.25. The molecule has 4 aromatic rings. The number of aromatic nitrogens is 4. The van der Waals surface area contributed by atoms with Crippen molar-refractivity contribution in [3.05, 3.63) is 84.5 Å². The van der Waals surface area contributed by atoms with E-state index in [2.05, 4.69) is 58.3 Å². The van der Waals surface area contributed by atoms with Crippen molar-refractivity contribution in [3.63, 3.8) is 0 Å². The van der Waals surface area contributed by atoms with Crippen molar-refractivity contribution in [2.45, 2.75) is 36.7 Å². The maximum Gasteiger partial charge on any atom is 0.243 e. The van der Waals surface area contributed by atoms with Crippen LogP contribution in [0.1, 0.15) is 30.4 Å². The molecule has 1 aliphatic carbocycles. The van der Waals surface area contributed by atoms with Gasteiger partial charge in [0.2, 0.25) is 10.0 Å². The number of benzene rings is 1. The number of fused-ring (bicyclic) bond motifs is 1. The van der Waals surface area contributed by atoms with Gasteiger partial charge >= 0.3 is 0 Å². The molecule has 0 saturated carbocycles. The Balaban J connectivity index is 1.28. The number of hydrogen-bond acceptors (Lipinski definition) is 5. The lowest BCUT2D eigenvalue weighted by molar-refractivity contribution is 0.525. The van der Waals surface area contributed by atoms with Crippen LogP contribution in [0.5, 0.6) is 0 Å². The topological polar surface area (TPSA) is 81.8 Å². The summed E-state index contributed by atoms with van der Waals surface area (Å²) < 4.78 is 32.4. The number of hydrogen-bond donors (Lipinski definition) is 1. The van der Waals surface area contributed by atoms with Crippen molar-refractivity contribution in [1.29, 1.82) is 0 Å². The minimum absolute atomic E-state index is 0.137. The SMILES string of the molecule is O=S(=O)(NC1CC=C(c2cn(SI)c3ncccc23)CC1)c1cnn(Cc2ccccc2)c1. The lowest BCUT2D eigenvalue weighted by Crippen LogP contribution is -2.35. The quantitative estimate of drug-likeness (QED) is 0.305. The first-order chi connectivity index (χ1) is 16.0. The van der Waals surface area contributed by atoms with E-state index in [-0.39, 0.29) is 10.9 Å². The molecule has 170 valence electrons. The number of pyridine rings is 1. The Hall–Kier alpha value is -2.15. The zero-order valence-electron chi connectivity index (χ0n) is 17.6. The molecule has 0 saturated heterocycles.